The number of hydrogen-bond acceptors (Lipinski definition) is 4. The smallest absolute Gasteiger partial charge is 0.187 e. The second kappa shape index (κ2) is 8.90. The molecule has 4 heteroatoms. The van der Waals surface area contributed by atoms with Gasteiger partial charge in [0.1, 0.15) is 11.7 Å². The molecule has 0 unspecified atom stereocenters. The first-order chi connectivity index (χ1) is 15.5. The normalized spacial score (nSPS) is 30.3. The molecule has 3 aliphatic rings. The number of hydrogen-bond donors (Lipinski definition) is 0. The molecule has 0 radical (unpaired) electrons. The lowest BCUT2D eigenvalue weighted by Crippen LogP contribution is -2.43. The Morgan fingerprint density at radius 1 is 0.875 bits per heavy atom. The van der Waals surface area contributed by atoms with Gasteiger partial charge in [0.15, 0.2) is 12.1 Å². The highest BCUT2D eigenvalue weighted by Crippen LogP contribution is 2.48. The van der Waals surface area contributed by atoms with E-state index in [9.17, 15) is 0 Å². The van der Waals surface area contributed by atoms with Gasteiger partial charge in [0.25, 0.3) is 0 Å². The first-order valence-electron chi connectivity index (χ1n) is 12.3. The maximum atomic E-state index is 7.08. The summed E-state index contributed by atoms with van der Waals surface area (Å²) >= 11 is 0. The molecule has 2 aromatic rings. The van der Waals surface area contributed by atoms with Crippen molar-refractivity contribution in [2.75, 3.05) is 6.61 Å². The average Bonchev–Trinajstić information content (AvgIpc) is 3.28. The summed E-state index contributed by atoms with van der Waals surface area (Å²) in [4.78, 5) is 0. The Morgan fingerprint density at radius 3 is 2.03 bits per heavy atom. The van der Waals surface area contributed by atoms with Crippen molar-refractivity contribution in [3.63, 3.8) is 0 Å². The Bertz CT molecular complexity index is 835. The molecule has 4 nitrogen and oxygen atoms in total. The number of ether oxygens (including phenoxy) is 4. The van der Waals surface area contributed by atoms with Crippen LogP contribution in [0.5, 0.6) is 0 Å². The van der Waals surface area contributed by atoms with Crippen LogP contribution in [0.15, 0.2) is 60.7 Å². The molecule has 2 saturated heterocycles. The molecule has 32 heavy (non-hydrogen) atoms. The molecule has 0 N–H and O–H groups in total. The van der Waals surface area contributed by atoms with Crippen molar-refractivity contribution in [3.8, 4) is 0 Å². The van der Waals surface area contributed by atoms with E-state index < -0.39 is 11.4 Å². The molecule has 1 aliphatic carbocycles. The third-order valence-electron chi connectivity index (χ3n) is 7.56. The lowest BCUT2D eigenvalue weighted by molar-refractivity contribution is -0.220. The van der Waals surface area contributed by atoms with Gasteiger partial charge in [-0.25, -0.2) is 0 Å². The van der Waals surface area contributed by atoms with Crippen molar-refractivity contribution >= 4 is 0 Å². The second-order valence-electron chi connectivity index (χ2n) is 10.1. The van der Waals surface area contributed by atoms with E-state index in [1.807, 2.05) is 13.8 Å². The molecule has 3 fully saturated rings. The molecule has 2 aliphatic heterocycles. The maximum absolute atomic E-state index is 7.08. The van der Waals surface area contributed by atoms with Crippen molar-refractivity contribution in [3.05, 3.63) is 71.8 Å². The minimum atomic E-state index is -0.588. The van der Waals surface area contributed by atoms with Crippen LogP contribution in [-0.2, 0) is 24.5 Å². The van der Waals surface area contributed by atoms with Gasteiger partial charge in [-0.05, 0) is 43.7 Å². The van der Waals surface area contributed by atoms with E-state index in [0.717, 1.165) is 0 Å². The molecular formula is C28H36O4. The van der Waals surface area contributed by atoms with Gasteiger partial charge in [-0.15, -0.1) is 0 Å². The summed E-state index contributed by atoms with van der Waals surface area (Å²) in [5.41, 5.74) is 1.99. The summed E-state index contributed by atoms with van der Waals surface area (Å²) in [5, 5.41) is 0. The van der Waals surface area contributed by atoms with Gasteiger partial charge in [0, 0.05) is 5.92 Å². The topological polar surface area (TPSA) is 36.9 Å². The van der Waals surface area contributed by atoms with Gasteiger partial charge in [0.05, 0.1) is 12.7 Å². The molecule has 0 bridgehead atoms. The first-order valence-corrected chi connectivity index (χ1v) is 12.3. The van der Waals surface area contributed by atoms with Crippen LogP contribution in [-0.4, -0.2) is 30.9 Å². The maximum Gasteiger partial charge on any atom is 0.187 e. The summed E-state index contributed by atoms with van der Waals surface area (Å²) in [6.45, 7) is 6.61. The van der Waals surface area contributed by atoms with E-state index in [1.54, 1.807) is 0 Å². The van der Waals surface area contributed by atoms with E-state index >= 15 is 0 Å². The Hall–Kier alpha value is -1.72. The molecule has 0 aromatic heterocycles. The van der Waals surface area contributed by atoms with Gasteiger partial charge in [0.2, 0.25) is 0 Å². The Kier molecular flexibility index (Phi) is 6.15. The van der Waals surface area contributed by atoms with Crippen LogP contribution in [0.4, 0.5) is 0 Å². The van der Waals surface area contributed by atoms with Crippen molar-refractivity contribution in [1.82, 2.24) is 0 Å². The van der Waals surface area contributed by atoms with Crippen LogP contribution in [0, 0.1) is 11.8 Å². The van der Waals surface area contributed by atoms with Gasteiger partial charge >= 0.3 is 0 Å². The zero-order valence-electron chi connectivity index (χ0n) is 19.5. The minimum Gasteiger partial charge on any atom is -0.363 e. The van der Waals surface area contributed by atoms with Crippen molar-refractivity contribution in [2.24, 2.45) is 11.8 Å². The van der Waals surface area contributed by atoms with Crippen LogP contribution in [0.25, 0.3) is 0 Å². The quantitative estimate of drug-likeness (QED) is 0.553. The highest BCUT2D eigenvalue weighted by Gasteiger charge is 2.54. The third-order valence-corrected chi connectivity index (χ3v) is 7.56. The Morgan fingerprint density at radius 2 is 1.47 bits per heavy atom. The van der Waals surface area contributed by atoms with E-state index in [4.69, 9.17) is 18.9 Å². The van der Waals surface area contributed by atoms with Crippen LogP contribution < -0.4 is 0 Å². The molecular weight excluding hydrogens is 400 g/mol. The van der Waals surface area contributed by atoms with Crippen molar-refractivity contribution in [1.29, 1.82) is 0 Å². The predicted octanol–water partition coefficient (Wildman–Crippen LogP) is 6.04. The lowest BCUT2D eigenvalue weighted by Gasteiger charge is -2.44. The molecule has 2 aromatic carbocycles. The highest BCUT2D eigenvalue weighted by molar-refractivity contribution is 5.38. The lowest BCUT2D eigenvalue weighted by atomic mass is 9.69. The van der Waals surface area contributed by atoms with Crippen LogP contribution in [0.1, 0.15) is 64.0 Å². The molecule has 0 spiro atoms. The SMILES string of the molecule is C[C@@H]1[C@H]2OC(C)(C)O[C@H]2O[C@@H]1COC(c1ccccc1)(c1ccccc1)C1CCCCC1. The largest absolute Gasteiger partial charge is 0.363 e. The van der Waals surface area contributed by atoms with Gasteiger partial charge < -0.3 is 18.9 Å². The summed E-state index contributed by atoms with van der Waals surface area (Å²) in [6, 6.07) is 21.6. The molecule has 2 heterocycles. The Labute approximate surface area is 192 Å². The first kappa shape index (κ1) is 22.1. The summed E-state index contributed by atoms with van der Waals surface area (Å²) in [7, 11) is 0. The van der Waals surface area contributed by atoms with E-state index in [-0.39, 0.29) is 24.4 Å². The number of rotatable bonds is 6. The third kappa shape index (κ3) is 4.03. The monoisotopic (exact) mass is 436 g/mol. The zero-order valence-corrected chi connectivity index (χ0v) is 19.5. The fourth-order valence-electron chi connectivity index (χ4n) is 5.93. The van der Waals surface area contributed by atoms with E-state index in [2.05, 4.69) is 67.6 Å². The van der Waals surface area contributed by atoms with Gasteiger partial charge in [-0.1, -0.05) is 86.8 Å². The van der Waals surface area contributed by atoms with Crippen molar-refractivity contribution < 1.29 is 18.9 Å². The molecule has 172 valence electrons. The minimum absolute atomic E-state index is 0.0452. The van der Waals surface area contributed by atoms with E-state index in [1.165, 1.54) is 43.2 Å². The highest BCUT2D eigenvalue weighted by atomic mass is 16.8. The summed E-state index contributed by atoms with van der Waals surface area (Å²) in [5.74, 6) is 0.0519. The van der Waals surface area contributed by atoms with E-state index in [0.29, 0.717) is 12.5 Å². The van der Waals surface area contributed by atoms with Gasteiger partial charge in [-0.3, -0.25) is 0 Å². The van der Waals surface area contributed by atoms with Crippen LogP contribution in [0.3, 0.4) is 0 Å². The molecule has 0 amide bonds. The zero-order chi connectivity index (χ0) is 22.2. The summed E-state index contributed by atoms with van der Waals surface area (Å²) < 4.78 is 25.5. The second-order valence-corrected chi connectivity index (χ2v) is 10.1. The fourth-order valence-corrected chi connectivity index (χ4v) is 5.93. The van der Waals surface area contributed by atoms with Gasteiger partial charge in [-0.2, -0.15) is 0 Å². The fraction of sp³-hybridized carbons (Fsp3) is 0.571. The predicted molar refractivity (Wildman–Crippen MR) is 124 cm³/mol. The summed E-state index contributed by atoms with van der Waals surface area (Å²) in [6.07, 6.45) is 5.76. The molecule has 4 atom stereocenters. The van der Waals surface area contributed by atoms with Crippen molar-refractivity contribution in [2.45, 2.75) is 82.8 Å². The molecule has 1 saturated carbocycles. The average molecular weight is 437 g/mol. The van der Waals surface area contributed by atoms with Crippen LogP contribution >= 0.6 is 0 Å². The molecule has 5 rings (SSSR count). The Balaban J connectivity index is 1.46. The standard InChI is InChI=1S/C28H36O4/c1-20-24(30-26-25(20)31-27(2,3)32-26)19-29-28(21-13-7-4-8-14-21,22-15-9-5-10-16-22)23-17-11-6-12-18-23/h4-5,7-10,13-16,20,23-26H,6,11-12,17-19H2,1-3H3/t20-,24+,25+,26+/m0/s1. The number of fused-ring (bicyclic) bond motifs is 1. The number of benzene rings is 2. The van der Waals surface area contributed by atoms with Crippen LogP contribution in [0.2, 0.25) is 0 Å².